The van der Waals surface area contributed by atoms with Crippen molar-refractivity contribution in [2.24, 2.45) is 7.05 Å². The van der Waals surface area contributed by atoms with Gasteiger partial charge in [-0.25, -0.2) is 27.8 Å². The summed E-state index contributed by atoms with van der Waals surface area (Å²) in [4.78, 5) is 90.4. The maximum atomic E-state index is 12.7. The third kappa shape index (κ3) is 9.27. The molecular weight excluding hydrogens is 864 g/mol. The van der Waals surface area contributed by atoms with Gasteiger partial charge in [0.15, 0.2) is 23.7 Å². The largest absolute Gasteiger partial charge is 0.490 e. The number of imidazole rings is 2. The Morgan fingerprint density at radius 3 is 2.07 bits per heavy atom. The summed E-state index contributed by atoms with van der Waals surface area (Å²) >= 11 is 0. The van der Waals surface area contributed by atoms with Gasteiger partial charge < -0.3 is 60.4 Å². The van der Waals surface area contributed by atoms with Gasteiger partial charge in [0.25, 0.3) is 17.1 Å². The van der Waals surface area contributed by atoms with Crippen LogP contribution in [0.1, 0.15) is 12.5 Å². The van der Waals surface area contributed by atoms with E-state index in [1.807, 2.05) is 0 Å². The van der Waals surface area contributed by atoms with E-state index in [4.69, 9.17) is 30.2 Å². The lowest BCUT2D eigenvalue weighted by Crippen LogP contribution is -2.46. The minimum absolute atomic E-state index is 0.00898. The fourth-order valence-electron chi connectivity index (χ4n) is 5.94. The van der Waals surface area contributed by atoms with Crippen molar-refractivity contribution in [1.29, 1.82) is 0 Å². The van der Waals surface area contributed by atoms with Gasteiger partial charge in [-0.1, -0.05) is 4.98 Å². The lowest BCUT2D eigenvalue weighted by Gasteiger charge is -2.24. The van der Waals surface area contributed by atoms with E-state index >= 15 is 0 Å². The van der Waals surface area contributed by atoms with Crippen LogP contribution in [0.25, 0.3) is 22.3 Å². The summed E-state index contributed by atoms with van der Waals surface area (Å²) in [6.07, 6.45) is -11.1. The molecule has 35 heteroatoms. The van der Waals surface area contributed by atoms with Gasteiger partial charge in [0.2, 0.25) is 17.7 Å². The Bertz CT molecular complexity index is 2490. The van der Waals surface area contributed by atoms with Gasteiger partial charge in [0, 0.05) is 7.11 Å². The molecule has 0 saturated carbocycles. The van der Waals surface area contributed by atoms with Crippen molar-refractivity contribution in [3.8, 4) is 0 Å². The molecule has 0 amide bonds. The molecule has 0 aliphatic carbocycles. The zero-order valence-electron chi connectivity index (χ0n) is 28.7. The summed E-state index contributed by atoms with van der Waals surface area (Å²) < 4.78 is 92.0. The molecule has 11 atom stereocenters. The predicted molar refractivity (Wildman–Crippen MR) is 180 cm³/mol. The fraction of sp³-hybridized carbons (Fsp3) is 0.545. The number of methoxy groups -OCH3 is 1. The number of aromatic amines is 2. The number of rotatable bonds is 15. The van der Waals surface area contributed by atoms with Crippen molar-refractivity contribution >= 4 is 65.5 Å². The number of hydrogen-bond donors (Lipinski definition) is 11. The minimum atomic E-state index is -6.11. The van der Waals surface area contributed by atoms with Gasteiger partial charge in [0.05, 0.1) is 26.6 Å². The van der Waals surface area contributed by atoms with E-state index in [0.29, 0.717) is 0 Å². The lowest BCUT2D eigenvalue weighted by atomic mass is 10.1. The summed E-state index contributed by atoms with van der Waals surface area (Å²) in [6.45, 7) is -2.35. The highest BCUT2D eigenvalue weighted by Gasteiger charge is 2.52. The first-order chi connectivity index (χ1) is 26.4. The number of fused-ring (bicyclic) bond motifs is 2. The zero-order chi connectivity index (χ0) is 42.0. The van der Waals surface area contributed by atoms with E-state index in [0.717, 1.165) is 22.6 Å². The molecule has 2 aliphatic rings. The Morgan fingerprint density at radius 2 is 1.46 bits per heavy atom. The number of aliphatic hydroxyl groups is 2. The Morgan fingerprint density at radius 1 is 0.860 bits per heavy atom. The molecule has 4 aromatic heterocycles. The molecule has 316 valence electrons. The standard InChI is InChI=1S/C22H32N10O21P4/c1-30-6-32(16-10(30)18(36)29-22(24)27-16)19-12(34)11(33)7(49-19)3-47-55(40,41)52-57(44,45)53-56(42,43)48-4-8-13(51-54(37,38)39)14(46-2)20(50-8)31-5-25-9-15(31)26-21(23)28-17(9)35/h5-8,11-14,19-20,33-34H,3-4H2,1-2H3,(H10-,23,24,26,27,28,29,35,36,37,38,39,40,41,42,43,44,45)/p+1/t7-,8-,11?,12?,13?,14?,19-,20-/m1/s1. The smallest absolute Gasteiger partial charge is 0.387 e. The first kappa shape index (κ1) is 43.2. The molecule has 4 aromatic rings. The molecule has 0 bridgehead atoms. The average Bonchev–Trinajstić information content (AvgIpc) is 3.80. The molecule has 0 aromatic carbocycles. The van der Waals surface area contributed by atoms with E-state index < -0.39 is 105 Å². The van der Waals surface area contributed by atoms with Crippen LogP contribution < -0.4 is 27.2 Å². The molecule has 57 heavy (non-hydrogen) atoms. The second-order valence-corrected chi connectivity index (χ2v) is 17.9. The Kier molecular flexibility index (Phi) is 11.9. The average molecular weight is 897 g/mol. The maximum Gasteiger partial charge on any atom is 0.490 e. The van der Waals surface area contributed by atoms with Crippen LogP contribution in [-0.4, -0.2) is 126 Å². The molecular formula is C22H33N10O21P4+. The highest BCUT2D eigenvalue weighted by atomic mass is 31.3. The topological polar surface area (TPSA) is 454 Å². The van der Waals surface area contributed by atoms with Crippen molar-refractivity contribution < 1.29 is 93.9 Å². The van der Waals surface area contributed by atoms with Crippen molar-refractivity contribution in [1.82, 2.24) is 34.1 Å². The number of phosphoric acid groups is 4. The van der Waals surface area contributed by atoms with Crippen LogP contribution in [-0.2, 0) is 61.7 Å². The summed E-state index contributed by atoms with van der Waals surface area (Å²) in [6, 6.07) is 0. The number of ether oxygens (including phenoxy) is 3. The number of hydrogen-bond acceptors (Lipinski definition) is 21. The second kappa shape index (κ2) is 15.7. The van der Waals surface area contributed by atoms with Gasteiger partial charge in [-0.2, -0.15) is 13.6 Å². The first-order valence-electron chi connectivity index (χ1n) is 15.5. The lowest BCUT2D eigenvalue weighted by molar-refractivity contribution is -0.745. The van der Waals surface area contributed by atoms with E-state index in [1.165, 1.54) is 17.9 Å². The van der Waals surface area contributed by atoms with Crippen LogP contribution >= 0.6 is 31.3 Å². The van der Waals surface area contributed by atoms with Crippen LogP contribution in [0.2, 0.25) is 0 Å². The SMILES string of the molecule is COC1C(OP(=O)(O)O)[C@@H](COP(=O)(O)OP(=O)(O)OP(=O)(O)OC[C@H]2O[C@@H]([n+]3cn(C)c4c(=O)[nH]c(N)nc43)C(O)C2O)O[C@H]1n1cnc2c(=O)[nH]c(N)nc21. The van der Waals surface area contributed by atoms with Gasteiger partial charge in [-0.05, 0) is 0 Å². The highest BCUT2D eigenvalue weighted by molar-refractivity contribution is 7.66. The molecule has 2 saturated heterocycles. The summed E-state index contributed by atoms with van der Waals surface area (Å²) in [5.74, 6) is -0.651. The fourth-order valence-corrected chi connectivity index (χ4v) is 10.0. The number of nitrogens with one attached hydrogen (secondary N) is 2. The highest BCUT2D eigenvalue weighted by Crippen LogP contribution is 2.68. The Balaban J connectivity index is 1.10. The number of aliphatic hydroxyl groups excluding tert-OH is 2. The van der Waals surface area contributed by atoms with Crippen LogP contribution in [0, 0.1) is 0 Å². The van der Waals surface area contributed by atoms with Gasteiger partial charge in [-0.15, -0.1) is 0 Å². The molecule has 7 unspecified atom stereocenters. The number of anilines is 2. The number of nitrogens with zero attached hydrogens (tertiary/aromatic N) is 6. The van der Waals surface area contributed by atoms with E-state index in [-0.39, 0.29) is 34.2 Å². The molecule has 6 rings (SSSR count). The number of nitrogens with two attached hydrogens (primary N) is 2. The molecule has 0 radical (unpaired) electrons. The number of nitrogen functional groups attached to an aromatic ring is 2. The van der Waals surface area contributed by atoms with Crippen LogP contribution in [0.3, 0.4) is 0 Å². The van der Waals surface area contributed by atoms with Crippen LogP contribution in [0.15, 0.2) is 22.2 Å². The third-order valence-corrected chi connectivity index (χ3v) is 12.9. The van der Waals surface area contributed by atoms with Gasteiger partial charge in [-0.3, -0.25) is 42.3 Å². The van der Waals surface area contributed by atoms with Gasteiger partial charge in [0.1, 0.15) is 36.6 Å². The van der Waals surface area contributed by atoms with Crippen LogP contribution in [0.4, 0.5) is 11.9 Å². The molecule has 0 spiro atoms. The zero-order valence-corrected chi connectivity index (χ0v) is 32.2. The molecule has 31 nitrogen and oxygen atoms in total. The van der Waals surface area contributed by atoms with Crippen LogP contribution in [0.5, 0.6) is 0 Å². The first-order valence-corrected chi connectivity index (χ1v) is 21.5. The number of aryl methyl sites for hydroxylation is 1. The third-order valence-electron chi connectivity index (χ3n) is 8.16. The molecule has 13 N–H and O–H groups in total. The molecule has 6 heterocycles. The van der Waals surface area contributed by atoms with E-state index in [2.05, 4.69) is 42.6 Å². The monoisotopic (exact) mass is 897 g/mol. The van der Waals surface area contributed by atoms with Crippen molar-refractivity contribution in [3.63, 3.8) is 0 Å². The summed E-state index contributed by atoms with van der Waals surface area (Å²) in [7, 11) is -20.6. The molecule has 2 aliphatic heterocycles. The van der Waals surface area contributed by atoms with Crippen molar-refractivity contribution in [2.45, 2.75) is 49.1 Å². The second-order valence-electron chi connectivity index (χ2n) is 12.1. The number of aromatic nitrogens is 8. The van der Waals surface area contributed by atoms with E-state index in [9.17, 15) is 62.5 Å². The minimum Gasteiger partial charge on any atom is -0.387 e. The number of phosphoric ester groups is 3. The number of H-pyrrole nitrogens is 2. The summed E-state index contributed by atoms with van der Waals surface area (Å²) in [5, 5.41) is 21.2. The quantitative estimate of drug-likeness (QED) is 0.0403. The summed E-state index contributed by atoms with van der Waals surface area (Å²) in [5.41, 5.74) is 9.26. The van der Waals surface area contributed by atoms with Crippen molar-refractivity contribution in [2.75, 3.05) is 31.8 Å². The molecule has 2 fully saturated rings. The Hall–Kier alpha value is -3.38. The maximum absolute atomic E-state index is 12.7. The van der Waals surface area contributed by atoms with Gasteiger partial charge >= 0.3 is 36.9 Å². The predicted octanol–water partition coefficient (Wildman–Crippen LogP) is -3.78. The van der Waals surface area contributed by atoms with Crippen molar-refractivity contribution in [3.05, 3.63) is 33.4 Å². The normalized spacial score (nSPS) is 28.8. The van der Waals surface area contributed by atoms with E-state index in [1.54, 1.807) is 0 Å². The Labute approximate surface area is 314 Å².